The van der Waals surface area contributed by atoms with Crippen LogP contribution in [0.5, 0.6) is 0 Å². The SMILES string of the molecule is O=CNCCc1csc(-c2ccccc2)n1. The van der Waals surface area contributed by atoms with Gasteiger partial charge in [-0.15, -0.1) is 11.3 Å². The average molecular weight is 232 g/mol. The number of nitrogens with one attached hydrogen (secondary N) is 1. The number of carbonyl (C=O) groups is 1. The molecule has 2 rings (SSSR count). The highest BCUT2D eigenvalue weighted by atomic mass is 32.1. The number of amides is 1. The van der Waals surface area contributed by atoms with E-state index in [0.717, 1.165) is 22.7 Å². The van der Waals surface area contributed by atoms with Gasteiger partial charge in [0, 0.05) is 23.9 Å². The van der Waals surface area contributed by atoms with Crippen LogP contribution < -0.4 is 5.32 Å². The molecule has 1 heterocycles. The summed E-state index contributed by atoms with van der Waals surface area (Å²) >= 11 is 1.63. The van der Waals surface area contributed by atoms with Crippen LogP contribution in [-0.2, 0) is 11.2 Å². The number of nitrogens with zero attached hydrogens (tertiary/aromatic N) is 1. The molecule has 3 nitrogen and oxygen atoms in total. The fraction of sp³-hybridized carbons (Fsp3) is 0.167. The first kappa shape index (κ1) is 10.8. The van der Waals surface area contributed by atoms with Gasteiger partial charge in [0.15, 0.2) is 0 Å². The Morgan fingerprint density at radius 2 is 2.12 bits per heavy atom. The summed E-state index contributed by atoms with van der Waals surface area (Å²) in [7, 11) is 0. The Balaban J connectivity index is 2.05. The van der Waals surface area contributed by atoms with Crippen molar-refractivity contribution in [3.8, 4) is 10.6 Å². The second kappa shape index (κ2) is 5.42. The van der Waals surface area contributed by atoms with Crippen molar-refractivity contribution in [1.29, 1.82) is 0 Å². The lowest BCUT2D eigenvalue weighted by atomic mass is 10.2. The van der Waals surface area contributed by atoms with Gasteiger partial charge >= 0.3 is 0 Å². The molecule has 0 fully saturated rings. The Kier molecular flexibility index (Phi) is 3.66. The maximum Gasteiger partial charge on any atom is 0.207 e. The van der Waals surface area contributed by atoms with E-state index in [0.29, 0.717) is 13.0 Å². The predicted octanol–water partition coefficient (Wildman–Crippen LogP) is 2.10. The van der Waals surface area contributed by atoms with Crippen LogP contribution in [0, 0.1) is 0 Å². The summed E-state index contributed by atoms with van der Waals surface area (Å²) in [5.41, 5.74) is 2.17. The number of rotatable bonds is 5. The second-order valence-electron chi connectivity index (χ2n) is 3.33. The highest BCUT2D eigenvalue weighted by Crippen LogP contribution is 2.23. The summed E-state index contributed by atoms with van der Waals surface area (Å²) in [6.07, 6.45) is 1.49. The van der Waals surface area contributed by atoms with Gasteiger partial charge in [0.1, 0.15) is 5.01 Å². The van der Waals surface area contributed by atoms with Crippen molar-refractivity contribution in [3.05, 3.63) is 41.4 Å². The molecule has 2 aromatic rings. The number of carbonyl (C=O) groups excluding carboxylic acids is 1. The van der Waals surface area contributed by atoms with Crippen LogP contribution in [-0.4, -0.2) is 17.9 Å². The van der Waals surface area contributed by atoms with Crippen molar-refractivity contribution in [3.63, 3.8) is 0 Å². The minimum Gasteiger partial charge on any atom is -0.358 e. The lowest BCUT2D eigenvalue weighted by Gasteiger charge is -1.95. The average Bonchev–Trinajstić information content (AvgIpc) is 2.79. The van der Waals surface area contributed by atoms with Gasteiger partial charge in [-0.3, -0.25) is 4.79 Å². The third-order valence-electron chi connectivity index (χ3n) is 2.18. The lowest BCUT2D eigenvalue weighted by molar-refractivity contribution is -0.109. The largest absolute Gasteiger partial charge is 0.358 e. The van der Waals surface area contributed by atoms with Crippen LogP contribution in [0.25, 0.3) is 10.6 Å². The highest BCUT2D eigenvalue weighted by Gasteiger charge is 2.03. The van der Waals surface area contributed by atoms with E-state index in [2.05, 4.69) is 10.3 Å². The molecule has 16 heavy (non-hydrogen) atoms. The first-order valence-corrected chi connectivity index (χ1v) is 5.95. The van der Waals surface area contributed by atoms with Crippen LogP contribution in [0.1, 0.15) is 5.69 Å². The third kappa shape index (κ3) is 2.67. The van der Waals surface area contributed by atoms with Crippen LogP contribution in [0.15, 0.2) is 35.7 Å². The van der Waals surface area contributed by atoms with E-state index in [4.69, 9.17) is 0 Å². The quantitative estimate of drug-likeness (QED) is 0.633. The maximum absolute atomic E-state index is 10.1. The van der Waals surface area contributed by atoms with Gasteiger partial charge in [-0.1, -0.05) is 30.3 Å². The number of benzene rings is 1. The van der Waals surface area contributed by atoms with Crippen molar-refractivity contribution in [1.82, 2.24) is 10.3 Å². The number of hydrogen-bond acceptors (Lipinski definition) is 3. The van der Waals surface area contributed by atoms with E-state index in [1.165, 1.54) is 0 Å². The fourth-order valence-electron chi connectivity index (χ4n) is 1.39. The van der Waals surface area contributed by atoms with Gasteiger partial charge in [-0.05, 0) is 0 Å². The van der Waals surface area contributed by atoms with E-state index in [9.17, 15) is 4.79 Å². The molecular formula is C12H12N2OS. The molecule has 0 spiro atoms. The highest BCUT2D eigenvalue weighted by molar-refractivity contribution is 7.13. The molecule has 0 aliphatic heterocycles. The Hall–Kier alpha value is -1.68. The zero-order chi connectivity index (χ0) is 11.2. The van der Waals surface area contributed by atoms with Gasteiger partial charge in [0.05, 0.1) is 5.69 Å². The van der Waals surface area contributed by atoms with Crippen molar-refractivity contribution >= 4 is 17.7 Å². The Labute approximate surface area is 98.2 Å². The molecule has 1 aromatic carbocycles. The third-order valence-corrected chi connectivity index (χ3v) is 3.12. The molecule has 82 valence electrons. The van der Waals surface area contributed by atoms with Crippen molar-refractivity contribution in [2.45, 2.75) is 6.42 Å². The standard InChI is InChI=1S/C12H12N2OS/c15-9-13-7-6-11-8-16-12(14-11)10-4-2-1-3-5-10/h1-5,8-9H,6-7H2,(H,13,15). The van der Waals surface area contributed by atoms with E-state index >= 15 is 0 Å². The molecule has 0 saturated heterocycles. The minimum atomic E-state index is 0.640. The van der Waals surface area contributed by atoms with Crippen LogP contribution in [0.3, 0.4) is 0 Å². The summed E-state index contributed by atoms with van der Waals surface area (Å²) in [4.78, 5) is 14.6. The predicted molar refractivity (Wildman–Crippen MR) is 65.3 cm³/mol. The Morgan fingerprint density at radius 1 is 1.31 bits per heavy atom. The monoisotopic (exact) mass is 232 g/mol. The number of thiazole rings is 1. The first-order chi connectivity index (χ1) is 7.90. The molecule has 1 N–H and O–H groups in total. The zero-order valence-electron chi connectivity index (χ0n) is 8.72. The molecule has 0 saturated carbocycles. The van der Waals surface area contributed by atoms with Gasteiger partial charge in [-0.2, -0.15) is 0 Å². The van der Waals surface area contributed by atoms with Gasteiger partial charge in [0.2, 0.25) is 6.41 Å². The van der Waals surface area contributed by atoms with E-state index < -0.39 is 0 Å². The topological polar surface area (TPSA) is 42.0 Å². The zero-order valence-corrected chi connectivity index (χ0v) is 9.54. The first-order valence-electron chi connectivity index (χ1n) is 5.07. The summed E-state index contributed by atoms with van der Waals surface area (Å²) in [6.45, 7) is 0.640. The normalized spacial score (nSPS) is 10.0. The molecular weight excluding hydrogens is 220 g/mol. The lowest BCUT2D eigenvalue weighted by Crippen LogP contribution is -2.14. The molecule has 1 aromatic heterocycles. The molecule has 1 amide bonds. The molecule has 0 radical (unpaired) electrons. The second-order valence-corrected chi connectivity index (χ2v) is 4.19. The van der Waals surface area contributed by atoms with E-state index in [-0.39, 0.29) is 0 Å². The van der Waals surface area contributed by atoms with Gasteiger partial charge in [-0.25, -0.2) is 4.98 Å². The Morgan fingerprint density at radius 3 is 2.88 bits per heavy atom. The van der Waals surface area contributed by atoms with Crippen LogP contribution >= 0.6 is 11.3 Å². The Bertz CT molecular complexity index is 453. The number of hydrogen-bond donors (Lipinski definition) is 1. The van der Waals surface area contributed by atoms with E-state index in [1.54, 1.807) is 11.3 Å². The van der Waals surface area contributed by atoms with Crippen LogP contribution in [0.4, 0.5) is 0 Å². The smallest absolute Gasteiger partial charge is 0.207 e. The molecule has 0 atom stereocenters. The summed E-state index contributed by atoms with van der Waals surface area (Å²) in [5.74, 6) is 0. The molecule has 0 aliphatic rings. The van der Waals surface area contributed by atoms with Crippen molar-refractivity contribution < 1.29 is 4.79 Å². The molecule has 0 unspecified atom stereocenters. The summed E-state index contributed by atoms with van der Waals surface area (Å²) in [5, 5.41) is 5.70. The minimum absolute atomic E-state index is 0.640. The molecule has 4 heteroatoms. The van der Waals surface area contributed by atoms with Gasteiger partial charge < -0.3 is 5.32 Å². The van der Waals surface area contributed by atoms with E-state index in [1.807, 2.05) is 35.7 Å². The molecule has 0 aliphatic carbocycles. The number of aromatic nitrogens is 1. The summed E-state index contributed by atoms with van der Waals surface area (Å²) < 4.78 is 0. The van der Waals surface area contributed by atoms with Crippen molar-refractivity contribution in [2.75, 3.05) is 6.54 Å². The summed E-state index contributed by atoms with van der Waals surface area (Å²) in [6, 6.07) is 10.1. The fourth-order valence-corrected chi connectivity index (χ4v) is 2.25. The molecule has 0 bridgehead atoms. The van der Waals surface area contributed by atoms with Crippen LogP contribution in [0.2, 0.25) is 0 Å². The maximum atomic E-state index is 10.1. The van der Waals surface area contributed by atoms with Gasteiger partial charge in [0.25, 0.3) is 0 Å². The van der Waals surface area contributed by atoms with Crippen molar-refractivity contribution in [2.24, 2.45) is 0 Å².